The molecule has 0 bridgehead atoms. The molecule has 5 atom stereocenters. The fraction of sp³-hybridized carbons (Fsp3) is 0.671. The van der Waals surface area contributed by atoms with Crippen LogP contribution in [0.15, 0.2) is 146 Å². The molecule has 594 valence electrons. The van der Waals surface area contributed by atoms with Gasteiger partial charge in [-0.2, -0.15) is 0 Å². The first-order valence-corrected chi connectivity index (χ1v) is 43.1. The number of unbranched alkanes of at least 4 members (excludes halogenated alkanes) is 25. The Balaban J connectivity index is 5.45. The molecule has 0 aromatic rings. The van der Waals surface area contributed by atoms with Crippen molar-refractivity contribution in [2.75, 3.05) is 39.6 Å². The van der Waals surface area contributed by atoms with Gasteiger partial charge in [0.05, 0.1) is 32.8 Å². The maximum atomic E-state index is 13.1. The van der Waals surface area contributed by atoms with Gasteiger partial charge in [0.15, 0.2) is 12.2 Å². The molecule has 0 aromatic carbocycles. The number of hydrogen-bond donors (Lipinski definition) is 3. The van der Waals surface area contributed by atoms with Crippen molar-refractivity contribution >= 4 is 39.5 Å². The van der Waals surface area contributed by atoms with E-state index in [1.807, 2.05) is 18.2 Å². The normalized spacial score (nSPS) is 14.6. The molecule has 19 heteroatoms. The van der Waals surface area contributed by atoms with Crippen LogP contribution in [-0.2, 0) is 65.4 Å². The third-order valence-electron chi connectivity index (χ3n) is 16.3. The number of aliphatic hydroxyl groups excluding tert-OH is 1. The number of rotatable bonds is 74. The highest BCUT2D eigenvalue weighted by atomic mass is 31.2. The summed E-state index contributed by atoms with van der Waals surface area (Å²) in [6.45, 7) is 4.47. The van der Waals surface area contributed by atoms with Gasteiger partial charge in [-0.3, -0.25) is 37.3 Å². The Hall–Kier alpha value is -5.06. The van der Waals surface area contributed by atoms with Crippen molar-refractivity contribution < 1.29 is 80.2 Å². The van der Waals surface area contributed by atoms with Crippen molar-refractivity contribution in [1.29, 1.82) is 0 Å². The van der Waals surface area contributed by atoms with E-state index in [0.717, 1.165) is 173 Å². The Kier molecular flexibility index (Phi) is 72.4. The first kappa shape index (κ1) is 98.9. The minimum absolute atomic E-state index is 0.0622. The molecular weight excluding hydrogens is 1350 g/mol. The zero-order valence-electron chi connectivity index (χ0n) is 64.9. The van der Waals surface area contributed by atoms with E-state index in [9.17, 15) is 43.2 Å². The number of phosphoric acid groups is 2. The predicted octanol–water partition coefficient (Wildman–Crippen LogP) is 23.4. The smallest absolute Gasteiger partial charge is 0.462 e. The molecule has 0 saturated heterocycles. The number of phosphoric ester groups is 2. The molecule has 17 nitrogen and oxygen atoms in total. The first-order chi connectivity index (χ1) is 50.7. The van der Waals surface area contributed by atoms with Crippen LogP contribution in [0.5, 0.6) is 0 Å². The van der Waals surface area contributed by atoms with E-state index in [1.165, 1.54) is 57.8 Å². The minimum Gasteiger partial charge on any atom is -0.462 e. The van der Waals surface area contributed by atoms with Crippen LogP contribution in [0.1, 0.15) is 310 Å². The molecule has 5 unspecified atom stereocenters. The van der Waals surface area contributed by atoms with Gasteiger partial charge in [0.25, 0.3) is 0 Å². The SMILES string of the molecule is CC/C=C\C/C=C\C/C=C\C/C=C\C/C=C\CC(=O)OCC(COP(=O)(O)OCC(O)COP(=O)(O)OCC(COC(=O)CCCCCCCC/C=C\C/C=C\C/C=C\C/C=C\CC)OC(=O)CCCCCCC/C=C\C/C=C\CCCCC)OC(=O)CCCCCCC/C=C\CCCCCCCC. The summed E-state index contributed by atoms with van der Waals surface area (Å²) in [6, 6.07) is 0. The van der Waals surface area contributed by atoms with E-state index in [2.05, 4.69) is 149 Å². The number of hydrogen-bond acceptors (Lipinski definition) is 15. The van der Waals surface area contributed by atoms with Gasteiger partial charge in [0.1, 0.15) is 19.3 Å². The molecular formula is C85H142O17P2. The van der Waals surface area contributed by atoms with Crippen LogP contribution in [0, 0.1) is 0 Å². The molecule has 104 heavy (non-hydrogen) atoms. The highest BCUT2D eigenvalue weighted by Crippen LogP contribution is 2.45. The third kappa shape index (κ3) is 75.2. The number of allylic oxidation sites excluding steroid dienone is 23. The Bertz CT molecular complexity index is 2540. The molecule has 0 aliphatic carbocycles. The van der Waals surface area contributed by atoms with Crippen molar-refractivity contribution in [3.05, 3.63) is 146 Å². The second kappa shape index (κ2) is 76.1. The Morgan fingerprint density at radius 2 is 0.538 bits per heavy atom. The van der Waals surface area contributed by atoms with Crippen molar-refractivity contribution in [2.24, 2.45) is 0 Å². The summed E-state index contributed by atoms with van der Waals surface area (Å²) >= 11 is 0. The van der Waals surface area contributed by atoms with E-state index in [1.54, 1.807) is 6.08 Å². The summed E-state index contributed by atoms with van der Waals surface area (Å²) in [5, 5.41) is 10.6. The standard InChI is InChI=1S/C85H142O17P2/c1-5-9-13-17-21-25-29-33-37-38-39-40-44-46-50-54-58-62-66-70-83(88)96-76-81(102-85(90)72-68-64-60-56-52-48-43-36-32-28-24-20-16-12-8-4)78-100-104(93,94)98-74-79(86)73-97-103(91,92)99-77-80(101-84(89)71-67-63-59-55-51-47-42-35-31-27-23-19-15-11-7-3)75-95-82(87)69-65-61-57-53-49-45-41-34-30-26-22-18-14-10-6-2/h9-10,13-14,21-22,24-26,28,33-37,39-43,49,53,61,65,79-81,86H,5-8,11-12,15-20,23,27,29-32,38,44-48,50-52,54-60,62-64,66-78H2,1-4H3,(H,91,92)(H,93,94)/b13-9-,14-10-,25-21-,26-22-,28-24-,37-33-,40-39-,41-34-,42-35-,43-36-,53-49-,65-61-. The maximum Gasteiger partial charge on any atom is 0.472 e. The van der Waals surface area contributed by atoms with Crippen LogP contribution in [-0.4, -0.2) is 96.7 Å². The zero-order chi connectivity index (χ0) is 76.0. The van der Waals surface area contributed by atoms with E-state index in [4.69, 9.17) is 37.0 Å². The van der Waals surface area contributed by atoms with Gasteiger partial charge in [-0.05, 0) is 148 Å². The van der Waals surface area contributed by atoms with Crippen LogP contribution in [0.2, 0.25) is 0 Å². The lowest BCUT2D eigenvalue weighted by Gasteiger charge is -2.21. The number of esters is 4. The highest BCUT2D eigenvalue weighted by Gasteiger charge is 2.30. The maximum absolute atomic E-state index is 13.1. The molecule has 3 N–H and O–H groups in total. The second-order valence-corrected chi connectivity index (χ2v) is 29.2. The molecule has 0 heterocycles. The van der Waals surface area contributed by atoms with E-state index >= 15 is 0 Å². The molecule has 0 aliphatic rings. The van der Waals surface area contributed by atoms with Gasteiger partial charge in [-0.25, -0.2) is 9.13 Å². The largest absolute Gasteiger partial charge is 0.472 e. The van der Waals surface area contributed by atoms with Crippen molar-refractivity contribution in [3.63, 3.8) is 0 Å². The predicted molar refractivity (Wildman–Crippen MR) is 427 cm³/mol. The summed E-state index contributed by atoms with van der Waals surface area (Å²) in [7, 11) is -10.00. The Morgan fingerprint density at radius 1 is 0.288 bits per heavy atom. The summed E-state index contributed by atoms with van der Waals surface area (Å²) in [4.78, 5) is 73.0. The van der Waals surface area contributed by atoms with Crippen molar-refractivity contribution in [1.82, 2.24) is 0 Å². The molecule has 0 rings (SSSR count). The van der Waals surface area contributed by atoms with Crippen LogP contribution in [0.25, 0.3) is 0 Å². The zero-order valence-corrected chi connectivity index (χ0v) is 66.7. The van der Waals surface area contributed by atoms with Gasteiger partial charge in [-0.15, -0.1) is 0 Å². The van der Waals surface area contributed by atoms with E-state index in [0.29, 0.717) is 25.7 Å². The number of carbonyl (C=O) groups is 4. The summed E-state index contributed by atoms with van der Waals surface area (Å²) in [5.74, 6) is -2.36. The third-order valence-corrected chi connectivity index (χ3v) is 18.2. The molecule has 0 amide bonds. The number of carbonyl (C=O) groups excluding carboxylic acids is 4. The molecule has 0 radical (unpaired) electrons. The van der Waals surface area contributed by atoms with Gasteiger partial charge in [-0.1, -0.05) is 283 Å². The van der Waals surface area contributed by atoms with E-state index in [-0.39, 0.29) is 25.7 Å². The van der Waals surface area contributed by atoms with Crippen LogP contribution in [0.4, 0.5) is 0 Å². The molecule has 0 aromatic heterocycles. The van der Waals surface area contributed by atoms with Crippen LogP contribution >= 0.6 is 15.6 Å². The highest BCUT2D eigenvalue weighted by molar-refractivity contribution is 7.47. The number of aliphatic hydroxyl groups is 1. The number of ether oxygens (including phenoxy) is 4. The molecule has 0 spiro atoms. The van der Waals surface area contributed by atoms with Gasteiger partial charge < -0.3 is 33.8 Å². The summed E-state index contributed by atoms with van der Waals surface area (Å²) in [5.41, 5.74) is 0. The fourth-order valence-corrected chi connectivity index (χ4v) is 11.8. The lowest BCUT2D eigenvalue weighted by Crippen LogP contribution is -2.30. The Morgan fingerprint density at radius 3 is 0.885 bits per heavy atom. The minimum atomic E-state index is -5.00. The monoisotopic (exact) mass is 1500 g/mol. The second-order valence-electron chi connectivity index (χ2n) is 26.3. The van der Waals surface area contributed by atoms with E-state index < -0.39 is 97.5 Å². The lowest BCUT2D eigenvalue weighted by atomic mass is 10.1. The van der Waals surface area contributed by atoms with Gasteiger partial charge >= 0.3 is 39.5 Å². The Labute approximate surface area is 630 Å². The molecule has 0 fully saturated rings. The quantitative estimate of drug-likeness (QED) is 0.0169. The lowest BCUT2D eigenvalue weighted by molar-refractivity contribution is -0.161. The average molecular weight is 1500 g/mol. The first-order valence-electron chi connectivity index (χ1n) is 40.1. The molecule has 0 saturated carbocycles. The summed E-state index contributed by atoms with van der Waals surface area (Å²) < 4.78 is 68.5. The van der Waals surface area contributed by atoms with Gasteiger partial charge in [0.2, 0.25) is 0 Å². The van der Waals surface area contributed by atoms with Crippen molar-refractivity contribution in [3.8, 4) is 0 Å². The summed E-state index contributed by atoms with van der Waals surface area (Å²) in [6.07, 6.45) is 87.1. The molecule has 0 aliphatic heterocycles. The van der Waals surface area contributed by atoms with Crippen LogP contribution < -0.4 is 0 Å². The topological polar surface area (TPSA) is 237 Å². The van der Waals surface area contributed by atoms with Crippen LogP contribution in [0.3, 0.4) is 0 Å². The van der Waals surface area contributed by atoms with Gasteiger partial charge in [0, 0.05) is 19.3 Å². The average Bonchev–Trinajstić information content (AvgIpc) is 0.912. The fourth-order valence-electron chi connectivity index (χ4n) is 10.2. The van der Waals surface area contributed by atoms with Crippen molar-refractivity contribution in [2.45, 2.75) is 329 Å².